The van der Waals surface area contributed by atoms with E-state index in [1.165, 1.54) is 0 Å². The lowest BCUT2D eigenvalue weighted by Crippen LogP contribution is -2.54. The van der Waals surface area contributed by atoms with Gasteiger partial charge in [-0.1, -0.05) is 0 Å². The molecule has 0 saturated carbocycles. The summed E-state index contributed by atoms with van der Waals surface area (Å²) < 4.78 is 0. The first-order valence-electron chi connectivity index (χ1n) is 4.58. The summed E-state index contributed by atoms with van der Waals surface area (Å²) in [5.41, 5.74) is 5.60. The van der Waals surface area contributed by atoms with Crippen LogP contribution in [0.4, 0.5) is 0 Å². The minimum absolute atomic E-state index is 0. The van der Waals surface area contributed by atoms with Crippen molar-refractivity contribution in [2.75, 3.05) is 20.1 Å². The Morgan fingerprint density at radius 1 is 1.43 bits per heavy atom. The molecule has 0 spiro atoms. The second-order valence-corrected chi connectivity index (χ2v) is 3.50. The van der Waals surface area contributed by atoms with Gasteiger partial charge in [-0.25, -0.2) is 4.99 Å². The van der Waals surface area contributed by atoms with Gasteiger partial charge >= 0.3 is 0 Å². The van der Waals surface area contributed by atoms with Crippen LogP contribution in [-0.2, 0) is 0 Å². The van der Waals surface area contributed by atoms with Crippen molar-refractivity contribution in [3.05, 3.63) is 0 Å². The van der Waals surface area contributed by atoms with Crippen molar-refractivity contribution in [2.45, 2.75) is 19.5 Å². The largest absolute Gasteiger partial charge is 0.368 e. The summed E-state index contributed by atoms with van der Waals surface area (Å²) in [6.45, 7) is 4.12. The van der Waals surface area contributed by atoms with Gasteiger partial charge in [0.25, 0.3) is 0 Å². The first-order chi connectivity index (χ1) is 6.18. The van der Waals surface area contributed by atoms with E-state index in [2.05, 4.69) is 19.8 Å². The van der Waals surface area contributed by atoms with Crippen molar-refractivity contribution >= 4 is 24.3 Å². The number of aliphatic imine (C=N–C) groups is 2. The van der Waals surface area contributed by atoms with Crippen molar-refractivity contribution in [3.8, 4) is 0 Å². The van der Waals surface area contributed by atoms with E-state index in [1.807, 2.05) is 14.0 Å². The van der Waals surface area contributed by atoms with Gasteiger partial charge in [-0.15, -0.1) is 12.4 Å². The second-order valence-electron chi connectivity index (χ2n) is 3.50. The third-order valence-electron chi connectivity index (χ3n) is 2.48. The smallest absolute Gasteiger partial charge is 0.220 e. The van der Waals surface area contributed by atoms with Gasteiger partial charge in [0.15, 0.2) is 0 Å². The molecule has 0 aromatic carbocycles. The summed E-state index contributed by atoms with van der Waals surface area (Å²) in [6, 6.07) is 0. The molecule has 2 aliphatic heterocycles. The quantitative estimate of drug-likeness (QED) is 0.625. The Labute approximate surface area is 90.1 Å². The molecule has 0 amide bonds. The van der Waals surface area contributed by atoms with Gasteiger partial charge in [-0.05, 0) is 13.3 Å². The minimum Gasteiger partial charge on any atom is -0.368 e. The molecular formula is C8H16ClN5. The Morgan fingerprint density at radius 3 is 2.86 bits per heavy atom. The minimum atomic E-state index is 0. The van der Waals surface area contributed by atoms with Gasteiger partial charge in [-0.3, -0.25) is 0 Å². The zero-order valence-electron chi connectivity index (χ0n) is 8.47. The fourth-order valence-corrected chi connectivity index (χ4v) is 1.79. The molecule has 0 aromatic heterocycles. The zero-order valence-corrected chi connectivity index (χ0v) is 9.29. The standard InChI is InChI=1S/C8H15N5.ClH/c1-6-10-7(9)11-8-12(2)4-3-5-13(6)8;/h6H,3-5H2,1-2H3,(H2,9,10);1H. The molecule has 0 bridgehead atoms. The second kappa shape index (κ2) is 4.04. The van der Waals surface area contributed by atoms with Crippen LogP contribution in [0.25, 0.3) is 0 Å². The molecule has 2 N–H and O–H groups in total. The highest BCUT2D eigenvalue weighted by molar-refractivity contribution is 5.96. The van der Waals surface area contributed by atoms with Crippen molar-refractivity contribution in [2.24, 2.45) is 15.7 Å². The number of nitrogens with zero attached hydrogens (tertiary/aromatic N) is 4. The Bertz CT molecular complexity index is 275. The van der Waals surface area contributed by atoms with Crippen LogP contribution in [0.5, 0.6) is 0 Å². The molecule has 2 heterocycles. The van der Waals surface area contributed by atoms with Gasteiger partial charge < -0.3 is 15.5 Å². The van der Waals surface area contributed by atoms with Gasteiger partial charge in [0.2, 0.25) is 11.9 Å². The topological polar surface area (TPSA) is 57.2 Å². The lowest BCUT2D eigenvalue weighted by atomic mass is 10.2. The monoisotopic (exact) mass is 217 g/mol. The van der Waals surface area contributed by atoms with Crippen LogP contribution in [0.2, 0.25) is 0 Å². The molecule has 0 radical (unpaired) electrons. The lowest BCUT2D eigenvalue weighted by Gasteiger charge is -2.40. The van der Waals surface area contributed by atoms with Crippen LogP contribution in [0.3, 0.4) is 0 Å². The fourth-order valence-electron chi connectivity index (χ4n) is 1.79. The molecule has 5 nitrogen and oxygen atoms in total. The van der Waals surface area contributed by atoms with Crippen LogP contribution in [0, 0.1) is 0 Å². The van der Waals surface area contributed by atoms with E-state index in [4.69, 9.17) is 5.73 Å². The molecule has 1 fully saturated rings. The number of rotatable bonds is 0. The number of guanidine groups is 2. The molecule has 0 aliphatic carbocycles. The number of halogens is 1. The number of nitrogens with two attached hydrogens (primary N) is 1. The molecule has 1 unspecified atom stereocenters. The van der Waals surface area contributed by atoms with Crippen molar-refractivity contribution in [3.63, 3.8) is 0 Å². The van der Waals surface area contributed by atoms with Crippen LogP contribution in [0.1, 0.15) is 13.3 Å². The first-order valence-corrected chi connectivity index (χ1v) is 4.58. The van der Waals surface area contributed by atoms with Crippen LogP contribution in [-0.4, -0.2) is 48.0 Å². The maximum absolute atomic E-state index is 5.60. The molecular weight excluding hydrogens is 202 g/mol. The molecule has 2 aliphatic rings. The molecule has 6 heteroatoms. The van der Waals surface area contributed by atoms with E-state index in [9.17, 15) is 0 Å². The van der Waals surface area contributed by atoms with Crippen molar-refractivity contribution < 1.29 is 0 Å². The van der Waals surface area contributed by atoms with E-state index < -0.39 is 0 Å². The normalized spacial score (nSPS) is 26.0. The van der Waals surface area contributed by atoms with Crippen LogP contribution < -0.4 is 5.73 Å². The average Bonchev–Trinajstić information content (AvgIpc) is 2.07. The Morgan fingerprint density at radius 2 is 2.14 bits per heavy atom. The maximum Gasteiger partial charge on any atom is 0.220 e. The Balaban J connectivity index is 0.000000980. The summed E-state index contributed by atoms with van der Waals surface area (Å²) in [4.78, 5) is 12.7. The molecule has 14 heavy (non-hydrogen) atoms. The summed E-state index contributed by atoms with van der Waals surface area (Å²) in [5, 5.41) is 0. The van der Waals surface area contributed by atoms with E-state index in [1.54, 1.807) is 0 Å². The van der Waals surface area contributed by atoms with Gasteiger partial charge in [0, 0.05) is 20.1 Å². The fraction of sp³-hybridized carbons (Fsp3) is 0.750. The van der Waals surface area contributed by atoms with Crippen molar-refractivity contribution in [1.29, 1.82) is 0 Å². The molecule has 80 valence electrons. The van der Waals surface area contributed by atoms with Gasteiger partial charge in [0.1, 0.15) is 6.17 Å². The summed E-state index contributed by atoms with van der Waals surface area (Å²) >= 11 is 0. The van der Waals surface area contributed by atoms with Crippen LogP contribution >= 0.6 is 12.4 Å². The summed E-state index contributed by atoms with van der Waals surface area (Å²) in [7, 11) is 2.04. The number of hydrogen-bond acceptors (Lipinski definition) is 5. The Kier molecular flexibility index (Phi) is 3.21. The number of fused-ring (bicyclic) bond motifs is 1. The number of hydrogen-bond donors (Lipinski definition) is 1. The lowest BCUT2D eigenvalue weighted by molar-refractivity contribution is 0.237. The predicted molar refractivity (Wildman–Crippen MR) is 59.7 cm³/mol. The highest BCUT2D eigenvalue weighted by Crippen LogP contribution is 2.15. The highest BCUT2D eigenvalue weighted by Gasteiger charge is 2.27. The van der Waals surface area contributed by atoms with E-state index in [0.29, 0.717) is 5.96 Å². The van der Waals surface area contributed by atoms with Crippen molar-refractivity contribution in [1.82, 2.24) is 9.80 Å². The first kappa shape index (κ1) is 11.1. The van der Waals surface area contributed by atoms with E-state index in [-0.39, 0.29) is 18.6 Å². The average molecular weight is 218 g/mol. The molecule has 0 aromatic rings. The van der Waals surface area contributed by atoms with E-state index >= 15 is 0 Å². The van der Waals surface area contributed by atoms with E-state index in [0.717, 1.165) is 25.5 Å². The SMILES string of the molecule is CC1N=C(N)N=C2N(C)CCCN21.Cl. The molecule has 1 saturated heterocycles. The summed E-state index contributed by atoms with van der Waals surface area (Å²) in [6.07, 6.45) is 1.30. The summed E-state index contributed by atoms with van der Waals surface area (Å²) in [5.74, 6) is 1.36. The van der Waals surface area contributed by atoms with Gasteiger partial charge in [0.05, 0.1) is 0 Å². The maximum atomic E-state index is 5.60. The third kappa shape index (κ3) is 1.77. The third-order valence-corrected chi connectivity index (χ3v) is 2.48. The Hall–Kier alpha value is -0.970. The van der Waals surface area contributed by atoms with Crippen LogP contribution in [0.15, 0.2) is 9.98 Å². The molecule has 2 rings (SSSR count). The highest BCUT2D eigenvalue weighted by atomic mass is 35.5. The molecule has 1 atom stereocenters. The zero-order chi connectivity index (χ0) is 9.42. The predicted octanol–water partition coefficient (Wildman–Crippen LogP) is 0.0760. The van der Waals surface area contributed by atoms with Gasteiger partial charge in [-0.2, -0.15) is 4.99 Å².